The Hall–Kier alpha value is -3.15. The minimum Gasteiger partial charge on any atom is -0.496 e. The molecule has 5 heteroatoms. The van der Waals surface area contributed by atoms with Crippen molar-refractivity contribution in [2.75, 3.05) is 33.3 Å². The molecular weight excluding hydrogens is 494 g/mol. The van der Waals surface area contributed by atoms with E-state index in [4.69, 9.17) is 4.74 Å². The zero-order valence-corrected chi connectivity index (χ0v) is 24.6. The molecule has 1 N–H and O–H groups in total. The highest BCUT2D eigenvalue weighted by Crippen LogP contribution is 2.45. The molecule has 3 heterocycles. The van der Waals surface area contributed by atoms with E-state index in [-0.39, 0.29) is 29.8 Å². The third-order valence-electron chi connectivity index (χ3n) is 9.35. The van der Waals surface area contributed by atoms with Crippen molar-refractivity contribution >= 4 is 5.91 Å². The van der Waals surface area contributed by atoms with E-state index in [1.165, 1.54) is 22.3 Å². The maximum atomic E-state index is 13.8. The molecule has 3 saturated heterocycles. The largest absolute Gasteiger partial charge is 0.496 e. The van der Waals surface area contributed by atoms with Gasteiger partial charge in [-0.2, -0.15) is 0 Å². The first-order valence-corrected chi connectivity index (χ1v) is 15.1. The van der Waals surface area contributed by atoms with Crippen LogP contribution in [0, 0.1) is 11.8 Å². The molecule has 40 heavy (non-hydrogen) atoms. The normalized spacial score (nSPS) is 23.8. The fourth-order valence-corrected chi connectivity index (χ4v) is 7.36. The number of fused-ring (bicyclic) bond motifs is 3. The van der Waals surface area contributed by atoms with Gasteiger partial charge in [0.1, 0.15) is 5.75 Å². The van der Waals surface area contributed by atoms with Crippen molar-refractivity contribution in [3.63, 3.8) is 0 Å². The van der Waals surface area contributed by atoms with Crippen LogP contribution in [0.5, 0.6) is 5.75 Å². The summed E-state index contributed by atoms with van der Waals surface area (Å²) in [5.74, 6) is 1.74. The van der Waals surface area contributed by atoms with E-state index in [0.717, 1.165) is 51.3 Å². The fourth-order valence-electron chi connectivity index (χ4n) is 7.36. The average Bonchev–Trinajstić information content (AvgIpc) is 3.02. The first-order chi connectivity index (χ1) is 19.6. The monoisotopic (exact) mass is 539 g/mol. The van der Waals surface area contributed by atoms with Crippen LogP contribution in [-0.4, -0.2) is 61.1 Å². The smallest absolute Gasteiger partial charge is 0.227 e. The van der Waals surface area contributed by atoms with Crippen molar-refractivity contribution in [1.29, 1.82) is 0 Å². The van der Waals surface area contributed by atoms with E-state index in [1.54, 1.807) is 7.11 Å². The Morgan fingerprint density at radius 3 is 2.17 bits per heavy atom. The topological polar surface area (TPSA) is 44.8 Å². The number of nitrogens with one attached hydrogen (secondary N) is 1. The minimum atomic E-state index is 0.0120. The Balaban J connectivity index is 1.56. The molecule has 0 aliphatic carbocycles. The van der Waals surface area contributed by atoms with Crippen LogP contribution in [0.15, 0.2) is 78.9 Å². The van der Waals surface area contributed by atoms with Crippen molar-refractivity contribution in [2.24, 2.45) is 11.8 Å². The first kappa shape index (κ1) is 28.4. The van der Waals surface area contributed by atoms with Gasteiger partial charge in [0.15, 0.2) is 0 Å². The number of methoxy groups -OCH3 is 1. The van der Waals surface area contributed by atoms with Gasteiger partial charge in [0, 0.05) is 49.7 Å². The van der Waals surface area contributed by atoms with E-state index in [2.05, 4.69) is 110 Å². The number of piperidine rings is 3. The second-order valence-corrected chi connectivity index (χ2v) is 11.2. The van der Waals surface area contributed by atoms with E-state index in [0.29, 0.717) is 5.91 Å². The van der Waals surface area contributed by atoms with Crippen molar-refractivity contribution in [3.05, 3.63) is 101 Å². The molecule has 0 aromatic heterocycles. The highest BCUT2D eigenvalue weighted by Gasteiger charge is 2.52. The van der Waals surface area contributed by atoms with Crippen LogP contribution in [0.2, 0.25) is 0 Å². The van der Waals surface area contributed by atoms with Gasteiger partial charge in [-0.25, -0.2) is 0 Å². The van der Waals surface area contributed by atoms with Crippen LogP contribution >= 0.6 is 0 Å². The number of ether oxygens (including phenoxy) is 1. The molecule has 5 nitrogen and oxygen atoms in total. The van der Waals surface area contributed by atoms with Crippen LogP contribution in [0.1, 0.15) is 55.4 Å². The summed E-state index contributed by atoms with van der Waals surface area (Å²) < 4.78 is 5.81. The Labute approximate surface area is 240 Å². The standard InChI is InChI=1S/C35H45N3O2/c1-5-25-19-14-20-31(40-4)29(25)23-36-33-28-21-22-38(24-30(28)35(39)37(6-2)7-3)34(33)32(26-15-10-8-11-16-26)27-17-12-9-13-18-27/h8-20,28,30,32-34,36H,5-7,21-24H2,1-4H3/t28-,30-,33-,34-/m0/s1. The molecule has 5 atom stereocenters. The van der Waals surface area contributed by atoms with E-state index < -0.39 is 0 Å². The molecule has 3 aliphatic rings. The molecule has 0 spiro atoms. The van der Waals surface area contributed by atoms with Crippen LogP contribution < -0.4 is 10.1 Å². The number of carbonyl (C=O) groups is 1. The molecule has 1 amide bonds. The van der Waals surface area contributed by atoms with Gasteiger partial charge in [-0.15, -0.1) is 0 Å². The highest BCUT2D eigenvalue weighted by atomic mass is 16.5. The van der Waals surface area contributed by atoms with Crippen LogP contribution in [0.3, 0.4) is 0 Å². The molecule has 3 fully saturated rings. The number of aryl methyl sites for hydroxylation is 1. The van der Waals surface area contributed by atoms with Gasteiger partial charge in [0.2, 0.25) is 5.91 Å². The summed E-state index contributed by atoms with van der Waals surface area (Å²) in [4.78, 5) is 18.5. The van der Waals surface area contributed by atoms with Gasteiger partial charge in [-0.05, 0) is 61.9 Å². The molecule has 3 aromatic carbocycles. The van der Waals surface area contributed by atoms with Gasteiger partial charge in [0.05, 0.1) is 13.0 Å². The van der Waals surface area contributed by atoms with Crippen molar-refractivity contribution in [3.8, 4) is 5.75 Å². The third kappa shape index (κ3) is 5.55. The lowest BCUT2D eigenvalue weighted by atomic mass is 9.66. The van der Waals surface area contributed by atoms with Crippen molar-refractivity contribution < 1.29 is 9.53 Å². The predicted molar refractivity (Wildman–Crippen MR) is 163 cm³/mol. The van der Waals surface area contributed by atoms with Gasteiger partial charge >= 0.3 is 0 Å². The summed E-state index contributed by atoms with van der Waals surface area (Å²) in [6.07, 6.45) is 1.99. The zero-order chi connectivity index (χ0) is 28.1. The Kier molecular flexibility index (Phi) is 9.23. The molecule has 0 saturated carbocycles. The number of hydrogen-bond donors (Lipinski definition) is 1. The molecule has 3 aromatic rings. The molecule has 6 rings (SSSR count). The maximum Gasteiger partial charge on any atom is 0.227 e. The fraction of sp³-hybridized carbons (Fsp3) is 0.457. The lowest BCUT2D eigenvalue weighted by molar-refractivity contribution is -0.145. The maximum absolute atomic E-state index is 13.8. The third-order valence-corrected chi connectivity index (χ3v) is 9.35. The number of rotatable bonds is 11. The van der Waals surface area contributed by atoms with Crippen molar-refractivity contribution in [1.82, 2.24) is 15.1 Å². The highest BCUT2D eigenvalue weighted by molar-refractivity contribution is 5.80. The predicted octanol–water partition coefficient (Wildman–Crippen LogP) is 5.74. The minimum absolute atomic E-state index is 0.0120. The number of benzene rings is 3. The molecule has 1 unspecified atom stereocenters. The van der Waals surface area contributed by atoms with Crippen LogP contribution in [0.25, 0.3) is 0 Å². The molecule has 0 radical (unpaired) electrons. The first-order valence-electron chi connectivity index (χ1n) is 15.1. The van der Waals surface area contributed by atoms with Gasteiger partial charge in [0.25, 0.3) is 0 Å². The molecule has 3 aliphatic heterocycles. The SMILES string of the molecule is CCc1cccc(OC)c1CN[C@H]1[C@H]2CCN(C[C@@H]2C(=O)N(CC)CC)[C@H]1C(c1ccccc1)c1ccccc1. The van der Waals surface area contributed by atoms with Crippen LogP contribution in [0.4, 0.5) is 0 Å². The number of amides is 1. The van der Waals surface area contributed by atoms with E-state index >= 15 is 0 Å². The van der Waals surface area contributed by atoms with Crippen molar-refractivity contribution in [2.45, 2.75) is 58.2 Å². The summed E-state index contributed by atoms with van der Waals surface area (Å²) in [5.41, 5.74) is 5.20. The summed E-state index contributed by atoms with van der Waals surface area (Å²) in [6.45, 7) is 10.5. The summed E-state index contributed by atoms with van der Waals surface area (Å²) in [5, 5.41) is 4.06. The van der Waals surface area contributed by atoms with Gasteiger partial charge < -0.3 is 15.0 Å². The number of nitrogens with zero attached hydrogens (tertiary/aromatic N) is 2. The lowest BCUT2D eigenvalue weighted by Gasteiger charge is -2.57. The van der Waals surface area contributed by atoms with Gasteiger partial charge in [-0.3, -0.25) is 9.69 Å². The quantitative estimate of drug-likeness (QED) is 0.338. The lowest BCUT2D eigenvalue weighted by Crippen LogP contribution is -2.69. The summed E-state index contributed by atoms with van der Waals surface area (Å²) in [6, 6.07) is 28.6. The second kappa shape index (κ2) is 13.0. The average molecular weight is 540 g/mol. The Morgan fingerprint density at radius 2 is 1.60 bits per heavy atom. The Morgan fingerprint density at radius 1 is 0.950 bits per heavy atom. The van der Waals surface area contributed by atoms with Crippen LogP contribution in [-0.2, 0) is 17.8 Å². The van der Waals surface area contributed by atoms with Gasteiger partial charge in [-0.1, -0.05) is 79.7 Å². The number of hydrogen-bond acceptors (Lipinski definition) is 4. The summed E-state index contributed by atoms with van der Waals surface area (Å²) >= 11 is 0. The summed E-state index contributed by atoms with van der Waals surface area (Å²) in [7, 11) is 1.76. The van der Waals surface area contributed by atoms with E-state index in [1.807, 2.05) is 4.90 Å². The Bertz CT molecular complexity index is 1180. The van der Waals surface area contributed by atoms with E-state index in [9.17, 15) is 4.79 Å². The zero-order valence-electron chi connectivity index (χ0n) is 24.6. The molecular formula is C35H45N3O2. The molecule has 2 bridgehead atoms. The molecule has 212 valence electrons. The second-order valence-electron chi connectivity index (χ2n) is 11.2. The number of carbonyl (C=O) groups excluding carboxylic acids is 1.